The van der Waals surface area contributed by atoms with Gasteiger partial charge in [-0.1, -0.05) is 49.4 Å². The monoisotopic (exact) mass is 278 g/mol. The van der Waals surface area contributed by atoms with Gasteiger partial charge >= 0.3 is 0 Å². The lowest BCUT2D eigenvalue weighted by molar-refractivity contribution is 0.577. The first-order valence-electron chi connectivity index (χ1n) is 6.82. The molecule has 0 fully saturated rings. The van der Waals surface area contributed by atoms with Crippen LogP contribution in [0.1, 0.15) is 23.7 Å². The summed E-state index contributed by atoms with van der Waals surface area (Å²) in [6.45, 7) is 2.23. The number of hydrogen-bond donors (Lipinski definition) is 2. The van der Waals surface area contributed by atoms with Crippen molar-refractivity contribution in [1.29, 1.82) is 0 Å². The molecule has 0 saturated carbocycles. The van der Waals surface area contributed by atoms with Gasteiger partial charge in [-0.15, -0.1) is 5.10 Å². The third-order valence-electron chi connectivity index (χ3n) is 4.05. The summed E-state index contributed by atoms with van der Waals surface area (Å²) in [4.78, 5) is 0. The van der Waals surface area contributed by atoms with Crippen LogP contribution in [-0.4, -0.2) is 30.8 Å². The van der Waals surface area contributed by atoms with Gasteiger partial charge < -0.3 is 0 Å². The number of H-pyrrole nitrogens is 2. The van der Waals surface area contributed by atoms with Crippen molar-refractivity contribution in [3.05, 3.63) is 53.2 Å². The van der Waals surface area contributed by atoms with Gasteiger partial charge in [0.1, 0.15) is 5.69 Å². The van der Waals surface area contributed by atoms with Crippen molar-refractivity contribution in [3.63, 3.8) is 0 Å². The second kappa shape index (κ2) is 4.37. The van der Waals surface area contributed by atoms with Gasteiger partial charge in [0.05, 0.1) is 0 Å². The number of hydrogen-bond acceptors (Lipinski definition) is 4. The van der Waals surface area contributed by atoms with Gasteiger partial charge in [0.2, 0.25) is 5.82 Å². The Kier molecular flexibility index (Phi) is 2.50. The molecule has 1 aliphatic carbocycles. The largest absolute Gasteiger partial charge is 0.281 e. The molecular weight excluding hydrogens is 264 g/mol. The first-order valence-corrected chi connectivity index (χ1v) is 6.82. The van der Waals surface area contributed by atoms with E-state index in [0.29, 0.717) is 5.82 Å². The standard InChI is InChI=1S/C15H14N6/c1-15(10-5-3-2-4-6-10)8-7-11-12(9-15)16-17-13(11)14-18-20-21-19-14/h2-8H,9H2,1H3,(H,16,17)(H,18,19,20,21). The minimum Gasteiger partial charge on any atom is -0.281 e. The molecule has 0 radical (unpaired) electrons. The van der Waals surface area contributed by atoms with Crippen molar-refractivity contribution in [2.75, 3.05) is 0 Å². The molecule has 0 bridgehead atoms. The number of fused-ring (bicyclic) bond motifs is 1. The number of allylic oxidation sites excluding steroid dienone is 1. The smallest absolute Gasteiger partial charge is 0.200 e. The van der Waals surface area contributed by atoms with Crippen molar-refractivity contribution in [2.45, 2.75) is 18.8 Å². The first-order chi connectivity index (χ1) is 10.3. The summed E-state index contributed by atoms with van der Waals surface area (Å²) in [6.07, 6.45) is 5.21. The van der Waals surface area contributed by atoms with Crippen LogP contribution >= 0.6 is 0 Å². The first kappa shape index (κ1) is 12.0. The second-order valence-electron chi connectivity index (χ2n) is 5.51. The lowest BCUT2D eigenvalue weighted by Gasteiger charge is -2.29. The number of aromatic amines is 2. The van der Waals surface area contributed by atoms with Gasteiger partial charge in [-0.3, -0.25) is 5.10 Å². The Morgan fingerprint density at radius 1 is 1.14 bits per heavy atom. The van der Waals surface area contributed by atoms with E-state index in [9.17, 15) is 0 Å². The molecule has 3 aromatic rings. The Morgan fingerprint density at radius 3 is 2.76 bits per heavy atom. The van der Waals surface area contributed by atoms with Crippen molar-refractivity contribution in [3.8, 4) is 11.5 Å². The molecule has 6 nitrogen and oxygen atoms in total. The van der Waals surface area contributed by atoms with Gasteiger partial charge in [-0.25, -0.2) is 5.10 Å². The van der Waals surface area contributed by atoms with Crippen molar-refractivity contribution in [1.82, 2.24) is 30.8 Å². The maximum Gasteiger partial charge on any atom is 0.200 e. The molecule has 2 N–H and O–H groups in total. The third kappa shape index (κ3) is 1.87. The van der Waals surface area contributed by atoms with Crippen molar-refractivity contribution >= 4 is 6.08 Å². The molecule has 0 spiro atoms. The Morgan fingerprint density at radius 2 is 2.00 bits per heavy atom. The number of nitrogens with one attached hydrogen (secondary N) is 2. The maximum absolute atomic E-state index is 4.35. The zero-order valence-electron chi connectivity index (χ0n) is 11.5. The quantitative estimate of drug-likeness (QED) is 0.752. The number of tetrazole rings is 1. The Balaban J connectivity index is 1.76. The molecule has 0 aliphatic heterocycles. The van der Waals surface area contributed by atoms with Gasteiger partial charge in [0.25, 0.3) is 0 Å². The summed E-state index contributed by atoms with van der Waals surface area (Å²) >= 11 is 0. The van der Waals surface area contributed by atoms with Crippen LogP contribution in [0.2, 0.25) is 0 Å². The minimum absolute atomic E-state index is 0.0300. The number of benzene rings is 1. The molecular formula is C15H14N6. The topological polar surface area (TPSA) is 83.1 Å². The molecule has 1 aromatic carbocycles. The number of aromatic nitrogens is 6. The number of rotatable bonds is 2. The average molecular weight is 278 g/mol. The summed E-state index contributed by atoms with van der Waals surface area (Å²) in [7, 11) is 0. The van der Waals surface area contributed by atoms with Crippen molar-refractivity contribution in [2.24, 2.45) is 0 Å². The van der Waals surface area contributed by atoms with Gasteiger partial charge in [0.15, 0.2) is 0 Å². The highest BCUT2D eigenvalue weighted by atomic mass is 15.5. The van der Waals surface area contributed by atoms with Gasteiger partial charge in [0, 0.05) is 23.1 Å². The van der Waals surface area contributed by atoms with E-state index in [4.69, 9.17) is 0 Å². The molecule has 104 valence electrons. The van der Waals surface area contributed by atoms with E-state index < -0.39 is 0 Å². The summed E-state index contributed by atoms with van der Waals surface area (Å²) in [5.74, 6) is 0.584. The van der Waals surface area contributed by atoms with E-state index in [1.165, 1.54) is 5.56 Å². The molecule has 21 heavy (non-hydrogen) atoms. The Bertz CT molecular complexity index is 787. The average Bonchev–Trinajstić information content (AvgIpc) is 3.16. The van der Waals surface area contributed by atoms with E-state index in [1.807, 2.05) is 6.07 Å². The molecule has 1 aliphatic rings. The fourth-order valence-electron chi connectivity index (χ4n) is 2.85. The fraction of sp³-hybridized carbons (Fsp3) is 0.200. The van der Waals surface area contributed by atoms with E-state index in [2.05, 4.69) is 74.2 Å². The SMILES string of the molecule is CC1(c2ccccc2)C=Cc2c(-c3nnn[nH]3)n[nH]c2C1. The van der Waals surface area contributed by atoms with Crippen LogP contribution in [0.3, 0.4) is 0 Å². The van der Waals surface area contributed by atoms with E-state index >= 15 is 0 Å². The zero-order valence-corrected chi connectivity index (χ0v) is 11.5. The minimum atomic E-state index is -0.0300. The Labute approximate surface area is 121 Å². The zero-order chi connectivity index (χ0) is 14.3. The highest BCUT2D eigenvalue weighted by Gasteiger charge is 2.30. The fourth-order valence-corrected chi connectivity index (χ4v) is 2.85. The molecule has 2 aromatic heterocycles. The molecule has 1 unspecified atom stereocenters. The highest BCUT2D eigenvalue weighted by molar-refractivity contribution is 5.71. The maximum atomic E-state index is 4.35. The summed E-state index contributed by atoms with van der Waals surface area (Å²) in [5.41, 5.74) is 4.19. The van der Waals surface area contributed by atoms with Crippen LogP contribution in [0.25, 0.3) is 17.6 Å². The van der Waals surface area contributed by atoms with Gasteiger partial charge in [-0.05, 0) is 16.0 Å². The van der Waals surface area contributed by atoms with Gasteiger partial charge in [-0.2, -0.15) is 5.10 Å². The lowest BCUT2D eigenvalue weighted by atomic mass is 9.75. The molecule has 4 rings (SSSR count). The molecule has 0 amide bonds. The van der Waals surface area contributed by atoms with E-state index in [0.717, 1.165) is 23.4 Å². The third-order valence-corrected chi connectivity index (χ3v) is 4.05. The molecule has 6 heteroatoms. The van der Waals surface area contributed by atoms with Crippen LogP contribution in [0.4, 0.5) is 0 Å². The molecule has 2 heterocycles. The summed E-state index contributed by atoms with van der Waals surface area (Å²) in [6, 6.07) is 10.5. The summed E-state index contributed by atoms with van der Waals surface area (Å²) < 4.78 is 0. The second-order valence-corrected chi connectivity index (χ2v) is 5.51. The summed E-state index contributed by atoms with van der Waals surface area (Å²) in [5, 5.41) is 21.4. The molecule has 1 atom stereocenters. The van der Waals surface area contributed by atoms with Crippen LogP contribution in [0.15, 0.2) is 36.4 Å². The van der Waals surface area contributed by atoms with Crippen LogP contribution < -0.4 is 0 Å². The number of nitrogens with zero attached hydrogens (tertiary/aromatic N) is 4. The van der Waals surface area contributed by atoms with E-state index in [-0.39, 0.29) is 5.41 Å². The van der Waals surface area contributed by atoms with E-state index in [1.54, 1.807) is 0 Å². The van der Waals surface area contributed by atoms with Crippen LogP contribution in [-0.2, 0) is 11.8 Å². The molecule has 0 saturated heterocycles. The normalized spacial score (nSPS) is 20.4. The van der Waals surface area contributed by atoms with Crippen LogP contribution in [0, 0.1) is 0 Å². The predicted molar refractivity (Wildman–Crippen MR) is 78.3 cm³/mol. The predicted octanol–water partition coefficient (Wildman–Crippen LogP) is 2.12. The highest BCUT2D eigenvalue weighted by Crippen LogP contribution is 2.37. The van der Waals surface area contributed by atoms with Crippen molar-refractivity contribution < 1.29 is 0 Å². The van der Waals surface area contributed by atoms with Crippen LogP contribution in [0.5, 0.6) is 0 Å². The Hall–Kier alpha value is -2.76. The lowest BCUT2D eigenvalue weighted by Crippen LogP contribution is -2.25.